The maximum absolute atomic E-state index is 11.4. The summed E-state index contributed by atoms with van der Waals surface area (Å²) in [6, 6.07) is 16.2. The van der Waals surface area contributed by atoms with Gasteiger partial charge in [-0.25, -0.2) is 0 Å². The fraction of sp³-hybridized carbons (Fsp3) is 0.409. The van der Waals surface area contributed by atoms with Crippen molar-refractivity contribution in [2.45, 2.75) is 12.8 Å². The van der Waals surface area contributed by atoms with Gasteiger partial charge in [0.2, 0.25) is 0 Å². The molecule has 1 fully saturated rings. The highest BCUT2D eigenvalue weighted by atomic mass is 16.5. The summed E-state index contributed by atoms with van der Waals surface area (Å²) in [5, 5.41) is 2.81. The molecule has 2 aliphatic heterocycles. The molecule has 1 amide bonds. The minimum atomic E-state index is -0.128. The number of fused-ring (bicyclic) bond motifs is 1. The van der Waals surface area contributed by atoms with E-state index >= 15 is 0 Å². The molecule has 28 heavy (non-hydrogen) atoms. The molecule has 2 heterocycles. The van der Waals surface area contributed by atoms with Gasteiger partial charge in [0.05, 0.1) is 12.3 Å². The van der Waals surface area contributed by atoms with Crippen molar-refractivity contribution in [1.82, 2.24) is 4.90 Å². The highest BCUT2D eigenvalue weighted by Crippen LogP contribution is 2.31. The first kappa shape index (κ1) is 18.6. The van der Waals surface area contributed by atoms with Crippen molar-refractivity contribution in [3.8, 4) is 11.5 Å². The number of piperazine rings is 1. The molecule has 0 atom stereocenters. The summed E-state index contributed by atoms with van der Waals surface area (Å²) < 4.78 is 11.2. The van der Waals surface area contributed by atoms with E-state index in [1.54, 1.807) is 0 Å². The third-order valence-electron chi connectivity index (χ3n) is 5.21. The highest BCUT2D eigenvalue weighted by molar-refractivity contribution is 5.95. The summed E-state index contributed by atoms with van der Waals surface area (Å²) in [4.78, 5) is 16.4. The number of rotatable bonds is 7. The normalized spacial score (nSPS) is 16.9. The summed E-state index contributed by atoms with van der Waals surface area (Å²) in [5.41, 5.74) is 2.01. The van der Waals surface area contributed by atoms with Crippen LogP contribution in [0.1, 0.15) is 12.8 Å². The molecule has 2 aromatic rings. The number of para-hydroxylation sites is 1. The van der Waals surface area contributed by atoms with Crippen LogP contribution in [0.25, 0.3) is 0 Å². The summed E-state index contributed by atoms with van der Waals surface area (Å²) in [6.45, 7) is 6.26. The van der Waals surface area contributed by atoms with E-state index in [1.807, 2.05) is 18.2 Å². The van der Waals surface area contributed by atoms with Gasteiger partial charge < -0.3 is 19.7 Å². The predicted molar refractivity (Wildman–Crippen MR) is 110 cm³/mol. The largest absolute Gasteiger partial charge is 0.494 e. The maximum Gasteiger partial charge on any atom is 0.262 e. The van der Waals surface area contributed by atoms with Crippen LogP contribution < -0.4 is 19.7 Å². The van der Waals surface area contributed by atoms with E-state index in [1.165, 1.54) is 5.69 Å². The van der Waals surface area contributed by atoms with Crippen molar-refractivity contribution >= 4 is 17.3 Å². The second-order valence-electron chi connectivity index (χ2n) is 7.21. The van der Waals surface area contributed by atoms with Crippen molar-refractivity contribution < 1.29 is 14.3 Å². The summed E-state index contributed by atoms with van der Waals surface area (Å²) in [5.74, 6) is 1.33. The van der Waals surface area contributed by atoms with Gasteiger partial charge in [0.15, 0.2) is 6.61 Å². The van der Waals surface area contributed by atoms with E-state index in [0.717, 1.165) is 51.3 Å². The molecule has 2 aliphatic rings. The molecule has 6 nitrogen and oxygen atoms in total. The van der Waals surface area contributed by atoms with Gasteiger partial charge in [-0.05, 0) is 43.7 Å². The number of anilines is 2. The highest BCUT2D eigenvalue weighted by Gasteiger charge is 2.17. The molecule has 4 rings (SSSR count). The number of carbonyl (C=O) groups is 1. The molecular formula is C22H27N3O3. The number of nitrogens with zero attached hydrogens (tertiary/aromatic N) is 2. The molecular weight excluding hydrogens is 354 g/mol. The minimum absolute atomic E-state index is 0.0762. The van der Waals surface area contributed by atoms with Crippen LogP contribution >= 0.6 is 0 Å². The molecule has 6 heteroatoms. The van der Waals surface area contributed by atoms with E-state index < -0.39 is 0 Å². The summed E-state index contributed by atoms with van der Waals surface area (Å²) >= 11 is 0. The zero-order valence-corrected chi connectivity index (χ0v) is 16.1. The van der Waals surface area contributed by atoms with Gasteiger partial charge in [0.25, 0.3) is 5.91 Å². The Morgan fingerprint density at radius 2 is 1.82 bits per heavy atom. The number of amides is 1. The molecule has 0 radical (unpaired) electrons. The average molecular weight is 381 g/mol. The SMILES string of the molecule is O=C1COc2ccc(OCCCCN3CCN(c4ccccc4)CC3)cc2N1. The molecule has 1 N–H and O–H groups in total. The first-order valence-electron chi connectivity index (χ1n) is 10.00. The van der Waals surface area contributed by atoms with Crippen molar-refractivity contribution in [3.05, 3.63) is 48.5 Å². The first-order valence-corrected chi connectivity index (χ1v) is 10.00. The van der Waals surface area contributed by atoms with Crippen molar-refractivity contribution in [2.24, 2.45) is 0 Å². The first-order chi connectivity index (χ1) is 13.8. The van der Waals surface area contributed by atoms with Crippen LogP contribution in [-0.2, 0) is 4.79 Å². The van der Waals surface area contributed by atoms with Crippen LogP contribution in [0.4, 0.5) is 11.4 Å². The molecule has 0 bridgehead atoms. The monoisotopic (exact) mass is 381 g/mol. The van der Waals surface area contributed by atoms with Gasteiger partial charge in [-0.2, -0.15) is 0 Å². The zero-order chi connectivity index (χ0) is 19.2. The van der Waals surface area contributed by atoms with Gasteiger partial charge in [-0.15, -0.1) is 0 Å². The zero-order valence-electron chi connectivity index (χ0n) is 16.1. The number of hydrogen-bond acceptors (Lipinski definition) is 5. The van der Waals surface area contributed by atoms with Crippen molar-refractivity contribution in [2.75, 3.05) is 56.2 Å². The smallest absolute Gasteiger partial charge is 0.262 e. The van der Waals surface area contributed by atoms with Crippen molar-refractivity contribution in [3.63, 3.8) is 0 Å². The summed E-state index contributed by atoms with van der Waals surface area (Å²) in [7, 11) is 0. The number of ether oxygens (including phenoxy) is 2. The lowest BCUT2D eigenvalue weighted by atomic mass is 10.2. The lowest BCUT2D eigenvalue weighted by Crippen LogP contribution is -2.46. The third kappa shape index (κ3) is 4.75. The van der Waals surface area contributed by atoms with Gasteiger partial charge in [-0.1, -0.05) is 18.2 Å². The lowest BCUT2D eigenvalue weighted by molar-refractivity contribution is -0.118. The van der Waals surface area contributed by atoms with E-state index in [4.69, 9.17) is 9.47 Å². The van der Waals surface area contributed by atoms with Crippen LogP contribution in [0.5, 0.6) is 11.5 Å². The molecule has 0 saturated carbocycles. The Kier molecular flexibility index (Phi) is 5.97. The fourth-order valence-corrected chi connectivity index (χ4v) is 3.65. The van der Waals surface area contributed by atoms with Crippen molar-refractivity contribution in [1.29, 1.82) is 0 Å². The molecule has 148 valence electrons. The van der Waals surface area contributed by atoms with Gasteiger partial charge in [0, 0.05) is 37.9 Å². The number of nitrogens with one attached hydrogen (secondary N) is 1. The molecule has 1 saturated heterocycles. The Labute approximate surface area is 166 Å². The van der Waals surface area contributed by atoms with E-state index in [9.17, 15) is 4.79 Å². The van der Waals surface area contributed by atoms with E-state index in [0.29, 0.717) is 18.0 Å². The minimum Gasteiger partial charge on any atom is -0.494 e. The average Bonchev–Trinajstić information content (AvgIpc) is 2.74. The van der Waals surface area contributed by atoms with Crippen LogP contribution in [0, 0.1) is 0 Å². The Morgan fingerprint density at radius 1 is 1.00 bits per heavy atom. The second kappa shape index (κ2) is 8.97. The second-order valence-corrected chi connectivity index (χ2v) is 7.21. The number of unbranched alkanes of at least 4 members (excludes halogenated alkanes) is 1. The van der Waals surface area contributed by atoms with Gasteiger partial charge in [0.1, 0.15) is 11.5 Å². The molecule has 0 spiro atoms. The maximum atomic E-state index is 11.4. The number of hydrogen-bond donors (Lipinski definition) is 1. The lowest BCUT2D eigenvalue weighted by Gasteiger charge is -2.36. The fourth-order valence-electron chi connectivity index (χ4n) is 3.65. The van der Waals surface area contributed by atoms with Crippen LogP contribution in [-0.4, -0.2) is 56.7 Å². The summed E-state index contributed by atoms with van der Waals surface area (Å²) in [6.07, 6.45) is 2.13. The molecule has 0 aromatic heterocycles. The Hall–Kier alpha value is -2.73. The number of carbonyl (C=O) groups excluding carboxylic acids is 1. The van der Waals surface area contributed by atoms with Crippen LogP contribution in [0.15, 0.2) is 48.5 Å². The molecule has 2 aromatic carbocycles. The van der Waals surface area contributed by atoms with E-state index in [2.05, 4.69) is 45.4 Å². The molecule has 0 unspecified atom stereocenters. The quantitative estimate of drug-likeness (QED) is 0.748. The van der Waals surface area contributed by atoms with Gasteiger partial charge in [-0.3, -0.25) is 9.69 Å². The molecule has 0 aliphatic carbocycles. The predicted octanol–water partition coefficient (Wildman–Crippen LogP) is 3.00. The number of benzene rings is 2. The van der Waals surface area contributed by atoms with E-state index in [-0.39, 0.29) is 12.5 Å². The topological polar surface area (TPSA) is 54.0 Å². The Bertz CT molecular complexity index is 789. The Morgan fingerprint density at radius 3 is 2.64 bits per heavy atom. The van der Waals surface area contributed by atoms with Crippen LogP contribution in [0.2, 0.25) is 0 Å². The van der Waals surface area contributed by atoms with Gasteiger partial charge >= 0.3 is 0 Å². The Balaban J connectivity index is 1.13. The van der Waals surface area contributed by atoms with Crippen LogP contribution in [0.3, 0.4) is 0 Å². The standard InChI is InChI=1S/C22H27N3O3/c26-22-17-28-21-9-8-19(16-20(21)23-22)27-15-5-4-10-24-11-13-25(14-12-24)18-6-2-1-3-7-18/h1-3,6-9,16H,4-5,10-15,17H2,(H,23,26). The third-order valence-corrected chi connectivity index (χ3v) is 5.21.